The zero-order valence-corrected chi connectivity index (χ0v) is 34.7. The maximum atomic E-state index is 12.2. The van der Waals surface area contributed by atoms with Crippen molar-refractivity contribution in [3.05, 3.63) is 0 Å². The van der Waals surface area contributed by atoms with Crippen LogP contribution in [0.3, 0.4) is 0 Å². The molecule has 0 heterocycles. The fourth-order valence-electron chi connectivity index (χ4n) is 4.74. The van der Waals surface area contributed by atoms with Crippen LogP contribution in [0.25, 0.3) is 0 Å². The molecule has 44 heavy (non-hydrogen) atoms. The van der Waals surface area contributed by atoms with Crippen LogP contribution in [0.2, 0.25) is 0 Å². The van der Waals surface area contributed by atoms with Crippen molar-refractivity contribution in [2.45, 2.75) is 197 Å². The van der Waals surface area contributed by atoms with Gasteiger partial charge in [0.2, 0.25) is 0 Å². The van der Waals surface area contributed by atoms with Gasteiger partial charge < -0.3 is 0 Å². The highest BCUT2D eigenvalue weighted by atomic mass is 19.4. The average Bonchev–Trinajstić information content (AvgIpc) is 2.76. The number of halogens is 3. The second-order valence-electron chi connectivity index (χ2n) is 17.8. The molecular formula is C41H89F3. The molecule has 0 bridgehead atoms. The van der Waals surface area contributed by atoms with E-state index in [4.69, 9.17) is 0 Å². The lowest BCUT2D eigenvalue weighted by molar-refractivity contribution is -0.197. The number of hydrogen-bond donors (Lipinski definition) is 0. The second-order valence-corrected chi connectivity index (χ2v) is 17.8. The lowest BCUT2D eigenvalue weighted by Gasteiger charge is -2.33. The summed E-state index contributed by atoms with van der Waals surface area (Å²) in [6.07, 6.45) is 4.31. The standard InChI is InChI=1S/2C9H20.C8H15F3.C8H18.C7H16/c1-7(2)9(5,6)8(3)4;1-8(2)6-5-7-9(3)4;1-5(2)7(6(3)4)8(9,10)11;1-7(2)5-6-8(3)4;1-6(2)5-7(3)4/h7-8H,1-6H3;8-9H,5-7H2,1-4H3;5-7H,1-4H3;7-8H,5-6H2,1-4H3;6-7H,5H2,1-4H3. The van der Waals surface area contributed by atoms with Gasteiger partial charge in [0.25, 0.3) is 0 Å². The molecule has 0 saturated heterocycles. The van der Waals surface area contributed by atoms with Crippen LogP contribution in [0.4, 0.5) is 13.2 Å². The van der Waals surface area contributed by atoms with E-state index < -0.39 is 12.1 Å². The first-order valence-electron chi connectivity index (χ1n) is 18.6. The van der Waals surface area contributed by atoms with Crippen molar-refractivity contribution >= 4 is 0 Å². The first-order chi connectivity index (χ1) is 19.5. The van der Waals surface area contributed by atoms with Crippen molar-refractivity contribution in [2.75, 3.05) is 0 Å². The summed E-state index contributed by atoms with van der Waals surface area (Å²) in [5.41, 5.74) is 0.500. The first-order valence-corrected chi connectivity index (χ1v) is 18.6. The van der Waals surface area contributed by atoms with E-state index in [0.29, 0.717) is 5.41 Å². The van der Waals surface area contributed by atoms with Crippen molar-refractivity contribution in [1.29, 1.82) is 0 Å². The molecule has 0 atom stereocenters. The SMILES string of the molecule is CC(C)C(C(C)C)C(F)(F)F.CC(C)C(C)(C)C(C)C.CC(C)CC(C)C.CC(C)CCC(C)C.CC(C)CCCC(C)C. The number of alkyl halides is 3. The average molecular weight is 639 g/mol. The topological polar surface area (TPSA) is 0 Å². The van der Waals surface area contributed by atoms with E-state index in [1.807, 2.05) is 0 Å². The molecule has 0 aliphatic carbocycles. The van der Waals surface area contributed by atoms with E-state index >= 15 is 0 Å². The Kier molecular flexibility index (Phi) is 35.1. The monoisotopic (exact) mass is 639 g/mol. The molecule has 0 aromatic rings. The highest BCUT2D eigenvalue weighted by Gasteiger charge is 2.43. The molecule has 0 fully saturated rings. The van der Waals surface area contributed by atoms with Crippen LogP contribution >= 0.6 is 0 Å². The Morgan fingerprint density at radius 3 is 0.705 bits per heavy atom. The summed E-state index contributed by atoms with van der Waals surface area (Å²) >= 11 is 0. The van der Waals surface area contributed by atoms with Gasteiger partial charge in [-0.15, -0.1) is 0 Å². The van der Waals surface area contributed by atoms with Crippen LogP contribution in [0, 0.1) is 70.5 Å². The minimum absolute atomic E-state index is 0.324. The van der Waals surface area contributed by atoms with Gasteiger partial charge in [0.15, 0.2) is 0 Å². The zero-order valence-electron chi connectivity index (χ0n) is 34.7. The lowest BCUT2D eigenvalue weighted by atomic mass is 9.72. The highest BCUT2D eigenvalue weighted by Crippen LogP contribution is 2.37. The summed E-state index contributed by atoms with van der Waals surface area (Å²) < 4.78 is 36.7. The molecule has 274 valence electrons. The van der Waals surface area contributed by atoms with Crippen LogP contribution in [0.15, 0.2) is 0 Å². The number of hydrogen-bond acceptors (Lipinski definition) is 0. The van der Waals surface area contributed by atoms with Gasteiger partial charge in [-0.3, -0.25) is 0 Å². The van der Waals surface area contributed by atoms with Crippen molar-refractivity contribution in [3.63, 3.8) is 0 Å². The summed E-state index contributed by atoms with van der Waals surface area (Å²) in [6.45, 7) is 47.6. The minimum Gasteiger partial charge on any atom is -0.171 e. The van der Waals surface area contributed by atoms with Crippen LogP contribution < -0.4 is 0 Å². The van der Waals surface area contributed by atoms with Crippen LogP contribution in [-0.4, -0.2) is 6.18 Å². The van der Waals surface area contributed by atoms with Crippen LogP contribution in [0.5, 0.6) is 0 Å². The van der Waals surface area contributed by atoms with Gasteiger partial charge in [-0.2, -0.15) is 13.2 Å². The fraction of sp³-hybridized carbons (Fsp3) is 1.00. The first kappa shape index (κ1) is 53.3. The Hall–Kier alpha value is -0.210. The Morgan fingerprint density at radius 2 is 0.636 bits per heavy atom. The third-order valence-corrected chi connectivity index (χ3v) is 8.62. The predicted octanol–water partition coefficient (Wildman–Crippen LogP) is 16.0. The van der Waals surface area contributed by atoms with Crippen molar-refractivity contribution < 1.29 is 13.2 Å². The molecule has 0 radical (unpaired) electrons. The third kappa shape index (κ3) is 41.8. The molecule has 0 aromatic carbocycles. The van der Waals surface area contributed by atoms with Gasteiger partial charge in [0, 0.05) is 0 Å². The second kappa shape index (κ2) is 29.0. The van der Waals surface area contributed by atoms with Gasteiger partial charge in [-0.25, -0.2) is 0 Å². The van der Waals surface area contributed by atoms with Crippen molar-refractivity contribution in [2.24, 2.45) is 70.5 Å². The molecule has 0 aliphatic rings. The molecule has 0 spiro atoms. The largest absolute Gasteiger partial charge is 0.392 e. The summed E-state index contributed by atoms with van der Waals surface area (Å²) in [7, 11) is 0. The predicted molar refractivity (Wildman–Crippen MR) is 199 cm³/mol. The lowest BCUT2D eigenvalue weighted by Crippen LogP contribution is -2.31. The Bertz CT molecular complexity index is 521. The Labute approximate surface area is 280 Å². The Morgan fingerprint density at radius 1 is 0.386 bits per heavy atom. The normalized spacial score (nSPS) is 12.3. The quantitative estimate of drug-likeness (QED) is 0.188. The minimum atomic E-state index is -4.04. The number of rotatable bonds is 13. The molecule has 0 nitrogen and oxygen atoms in total. The Balaban J connectivity index is -0.000000145. The molecule has 0 unspecified atom stereocenters. The van der Waals surface area contributed by atoms with E-state index in [1.54, 1.807) is 27.7 Å². The third-order valence-electron chi connectivity index (χ3n) is 8.62. The molecule has 0 amide bonds. The van der Waals surface area contributed by atoms with Crippen LogP contribution in [0.1, 0.15) is 191 Å². The van der Waals surface area contributed by atoms with E-state index in [2.05, 4.69) is 125 Å². The van der Waals surface area contributed by atoms with Gasteiger partial charge in [0.05, 0.1) is 5.92 Å². The van der Waals surface area contributed by atoms with Crippen molar-refractivity contribution in [1.82, 2.24) is 0 Å². The van der Waals surface area contributed by atoms with Gasteiger partial charge in [-0.1, -0.05) is 184 Å². The molecule has 0 saturated carbocycles. The van der Waals surface area contributed by atoms with E-state index in [-0.39, 0.29) is 11.8 Å². The summed E-state index contributed by atoms with van der Waals surface area (Å²) in [4.78, 5) is 0. The van der Waals surface area contributed by atoms with E-state index in [1.165, 1.54) is 38.5 Å². The zero-order chi connectivity index (χ0) is 36.6. The summed E-state index contributed by atoms with van der Waals surface area (Å²) in [5.74, 6) is 5.07. The highest BCUT2D eigenvalue weighted by molar-refractivity contribution is 4.75. The van der Waals surface area contributed by atoms with E-state index in [0.717, 1.165) is 47.3 Å². The van der Waals surface area contributed by atoms with Gasteiger partial charge in [0.1, 0.15) is 0 Å². The molecule has 0 aliphatic heterocycles. The van der Waals surface area contributed by atoms with Crippen LogP contribution in [-0.2, 0) is 0 Å². The molecule has 0 aromatic heterocycles. The smallest absolute Gasteiger partial charge is 0.171 e. The molecule has 0 rings (SSSR count). The fourth-order valence-corrected chi connectivity index (χ4v) is 4.74. The maximum Gasteiger partial charge on any atom is 0.392 e. The van der Waals surface area contributed by atoms with E-state index in [9.17, 15) is 13.2 Å². The van der Waals surface area contributed by atoms with Gasteiger partial charge in [-0.05, 0) is 71.0 Å². The van der Waals surface area contributed by atoms with Gasteiger partial charge >= 0.3 is 6.18 Å². The molecule has 0 N–H and O–H groups in total. The van der Waals surface area contributed by atoms with Crippen molar-refractivity contribution in [3.8, 4) is 0 Å². The maximum absolute atomic E-state index is 12.2. The summed E-state index contributed by atoms with van der Waals surface area (Å²) in [5, 5.41) is 0. The summed E-state index contributed by atoms with van der Waals surface area (Å²) in [6, 6.07) is 0. The molecule has 3 heteroatoms. The molecular weight excluding hydrogens is 549 g/mol.